The molecule has 1 aromatic carbocycles. The summed E-state index contributed by atoms with van der Waals surface area (Å²) < 4.78 is 1.78. The van der Waals surface area contributed by atoms with Crippen LogP contribution in [0.3, 0.4) is 0 Å². The molecule has 0 aliphatic carbocycles. The summed E-state index contributed by atoms with van der Waals surface area (Å²) in [5.74, 6) is -0.0632. The first-order valence-corrected chi connectivity index (χ1v) is 8.45. The number of carbonyl (C=O) groups is 1. The van der Waals surface area contributed by atoms with Crippen LogP contribution in [0.4, 0.5) is 0 Å². The van der Waals surface area contributed by atoms with Crippen LogP contribution >= 0.6 is 11.3 Å². The van der Waals surface area contributed by atoms with Crippen molar-refractivity contribution < 1.29 is 4.79 Å². The topological polar surface area (TPSA) is 59.8 Å². The van der Waals surface area contributed by atoms with E-state index in [1.807, 2.05) is 35.7 Å². The first-order valence-electron chi connectivity index (χ1n) is 7.57. The molecule has 23 heavy (non-hydrogen) atoms. The van der Waals surface area contributed by atoms with E-state index < -0.39 is 0 Å². The van der Waals surface area contributed by atoms with E-state index in [1.165, 1.54) is 4.88 Å². The summed E-state index contributed by atoms with van der Waals surface area (Å²) in [6, 6.07) is 11.6. The van der Waals surface area contributed by atoms with Crippen LogP contribution < -0.4 is 5.32 Å². The Morgan fingerprint density at radius 1 is 1.26 bits per heavy atom. The third kappa shape index (κ3) is 3.65. The van der Waals surface area contributed by atoms with E-state index in [0.717, 1.165) is 18.5 Å². The Kier molecular flexibility index (Phi) is 4.83. The van der Waals surface area contributed by atoms with Gasteiger partial charge < -0.3 is 5.32 Å². The molecule has 1 N–H and O–H groups in total. The summed E-state index contributed by atoms with van der Waals surface area (Å²) in [5, 5.41) is 12.8. The molecule has 0 saturated heterocycles. The Bertz CT molecular complexity index is 753. The van der Waals surface area contributed by atoms with Crippen molar-refractivity contribution in [2.75, 3.05) is 0 Å². The van der Waals surface area contributed by atoms with Gasteiger partial charge in [-0.25, -0.2) is 0 Å². The van der Waals surface area contributed by atoms with Gasteiger partial charge in [-0.2, -0.15) is 0 Å². The van der Waals surface area contributed by atoms with E-state index in [1.54, 1.807) is 28.6 Å². The van der Waals surface area contributed by atoms with Gasteiger partial charge in [0.05, 0.1) is 6.04 Å². The average molecular weight is 326 g/mol. The second-order valence-electron chi connectivity index (χ2n) is 5.25. The normalized spacial score (nSPS) is 12.0. The highest BCUT2D eigenvalue weighted by Crippen LogP contribution is 2.23. The zero-order valence-electron chi connectivity index (χ0n) is 12.8. The number of aromatic nitrogens is 3. The molecule has 6 heteroatoms. The standard InChI is InChI=1S/C17H18N4OS/c1-2-5-15(16-8-4-9-23-16)20-17(22)13-6-3-7-14(10-13)21-11-18-19-12-21/h3-4,6-12,15H,2,5H2,1H3,(H,20,22). The van der Waals surface area contributed by atoms with Crippen LogP contribution in [0.2, 0.25) is 0 Å². The maximum atomic E-state index is 12.6. The minimum Gasteiger partial charge on any atom is -0.344 e. The molecule has 1 amide bonds. The highest BCUT2D eigenvalue weighted by Gasteiger charge is 2.16. The summed E-state index contributed by atoms with van der Waals surface area (Å²) in [6.07, 6.45) is 5.17. The summed E-state index contributed by atoms with van der Waals surface area (Å²) in [4.78, 5) is 13.8. The Labute approximate surface area is 139 Å². The number of nitrogens with zero attached hydrogens (tertiary/aromatic N) is 3. The number of nitrogens with one attached hydrogen (secondary N) is 1. The SMILES string of the molecule is CCCC(NC(=O)c1cccc(-n2cnnc2)c1)c1cccs1. The summed E-state index contributed by atoms with van der Waals surface area (Å²) >= 11 is 1.67. The third-order valence-electron chi connectivity index (χ3n) is 3.59. The maximum Gasteiger partial charge on any atom is 0.251 e. The van der Waals surface area contributed by atoms with Crippen molar-refractivity contribution in [2.24, 2.45) is 0 Å². The molecule has 0 radical (unpaired) electrons. The molecular weight excluding hydrogens is 308 g/mol. The molecule has 118 valence electrons. The zero-order valence-corrected chi connectivity index (χ0v) is 13.7. The smallest absolute Gasteiger partial charge is 0.251 e. The first kappa shape index (κ1) is 15.4. The van der Waals surface area contributed by atoms with Crippen LogP contribution in [0.1, 0.15) is 41.0 Å². The summed E-state index contributed by atoms with van der Waals surface area (Å²) in [6.45, 7) is 2.12. The minimum absolute atomic E-state index is 0.0612. The number of rotatable bonds is 6. The molecule has 3 rings (SSSR count). The van der Waals surface area contributed by atoms with Crippen molar-refractivity contribution in [3.63, 3.8) is 0 Å². The molecule has 5 nitrogen and oxygen atoms in total. The van der Waals surface area contributed by atoms with Gasteiger partial charge in [-0.15, -0.1) is 21.5 Å². The van der Waals surface area contributed by atoms with E-state index in [4.69, 9.17) is 0 Å². The molecule has 2 aromatic heterocycles. The lowest BCUT2D eigenvalue weighted by Gasteiger charge is -2.17. The molecule has 1 unspecified atom stereocenters. The van der Waals surface area contributed by atoms with Crippen LogP contribution in [0.15, 0.2) is 54.4 Å². The Morgan fingerprint density at radius 3 is 2.78 bits per heavy atom. The Morgan fingerprint density at radius 2 is 2.09 bits per heavy atom. The van der Waals surface area contributed by atoms with E-state index >= 15 is 0 Å². The Hall–Kier alpha value is -2.47. The van der Waals surface area contributed by atoms with Crippen molar-refractivity contribution in [1.82, 2.24) is 20.1 Å². The molecule has 0 saturated carbocycles. The van der Waals surface area contributed by atoms with Gasteiger partial charge in [0.25, 0.3) is 5.91 Å². The molecule has 0 bridgehead atoms. The number of amides is 1. The first-order chi connectivity index (χ1) is 11.3. The predicted octanol–water partition coefficient (Wildman–Crippen LogP) is 3.60. The fourth-order valence-electron chi connectivity index (χ4n) is 2.45. The van der Waals surface area contributed by atoms with Crippen LogP contribution in [0, 0.1) is 0 Å². The molecule has 0 aliphatic rings. The van der Waals surface area contributed by atoms with Crippen molar-refractivity contribution in [3.05, 3.63) is 64.9 Å². The average Bonchev–Trinajstić information content (AvgIpc) is 3.28. The fraction of sp³-hybridized carbons (Fsp3) is 0.235. The van der Waals surface area contributed by atoms with Gasteiger partial charge in [-0.3, -0.25) is 9.36 Å². The van der Waals surface area contributed by atoms with Crippen molar-refractivity contribution in [3.8, 4) is 5.69 Å². The zero-order chi connectivity index (χ0) is 16.1. The number of benzene rings is 1. The highest BCUT2D eigenvalue weighted by atomic mass is 32.1. The molecular formula is C17H18N4OS. The maximum absolute atomic E-state index is 12.6. The number of thiophene rings is 1. The molecule has 2 heterocycles. The largest absolute Gasteiger partial charge is 0.344 e. The molecule has 0 aliphatic heterocycles. The van der Waals surface area contributed by atoms with Crippen LogP contribution in [0.25, 0.3) is 5.69 Å². The lowest BCUT2D eigenvalue weighted by atomic mass is 10.1. The highest BCUT2D eigenvalue weighted by molar-refractivity contribution is 7.10. The van der Waals surface area contributed by atoms with E-state index in [-0.39, 0.29) is 11.9 Å². The van der Waals surface area contributed by atoms with E-state index in [9.17, 15) is 4.79 Å². The Balaban J connectivity index is 1.78. The lowest BCUT2D eigenvalue weighted by Crippen LogP contribution is -2.28. The van der Waals surface area contributed by atoms with E-state index in [0.29, 0.717) is 5.56 Å². The van der Waals surface area contributed by atoms with Gasteiger partial charge in [0, 0.05) is 16.1 Å². The van der Waals surface area contributed by atoms with Crippen molar-refractivity contribution in [1.29, 1.82) is 0 Å². The van der Waals surface area contributed by atoms with Gasteiger partial charge in [0.1, 0.15) is 12.7 Å². The van der Waals surface area contributed by atoms with Crippen LogP contribution in [-0.4, -0.2) is 20.7 Å². The van der Waals surface area contributed by atoms with E-state index in [2.05, 4.69) is 28.5 Å². The molecule has 3 aromatic rings. The number of hydrogen-bond acceptors (Lipinski definition) is 4. The predicted molar refractivity (Wildman–Crippen MR) is 90.8 cm³/mol. The van der Waals surface area contributed by atoms with Gasteiger partial charge in [-0.05, 0) is 36.1 Å². The molecule has 1 atom stereocenters. The molecule has 0 fully saturated rings. The van der Waals surface area contributed by atoms with Crippen LogP contribution in [-0.2, 0) is 0 Å². The number of carbonyl (C=O) groups excluding carboxylic acids is 1. The number of hydrogen-bond donors (Lipinski definition) is 1. The molecule has 0 spiro atoms. The second kappa shape index (κ2) is 7.19. The minimum atomic E-state index is -0.0632. The van der Waals surface area contributed by atoms with Crippen LogP contribution in [0.5, 0.6) is 0 Å². The summed E-state index contributed by atoms with van der Waals surface area (Å²) in [5.41, 5.74) is 1.50. The van der Waals surface area contributed by atoms with Gasteiger partial charge in [-0.1, -0.05) is 25.5 Å². The second-order valence-corrected chi connectivity index (χ2v) is 6.23. The monoisotopic (exact) mass is 326 g/mol. The summed E-state index contributed by atoms with van der Waals surface area (Å²) in [7, 11) is 0. The van der Waals surface area contributed by atoms with Gasteiger partial charge in [0.2, 0.25) is 0 Å². The quantitative estimate of drug-likeness (QED) is 0.753. The lowest BCUT2D eigenvalue weighted by molar-refractivity contribution is 0.0935. The van der Waals surface area contributed by atoms with Crippen molar-refractivity contribution in [2.45, 2.75) is 25.8 Å². The van der Waals surface area contributed by atoms with Gasteiger partial charge >= 0.3 is 0 Å². The van der Waals surface area contributed by atoms with Crippen molar-refractivity contribution >= 4 is 17.2 Å². The third-order valence-corrected chi connectivity index (χ3v) is 4.58. The fourth-order valence-corrected chi connectivity index (χ4v) is 3.26. The van der Waals surface area contributed by atoms with Gasteiger partial charge in [0.15, 0.2) is 0 Å².